The van der Waals surface area contributed by atoms with Gasteiger partial charge in [0.15, 0.2) is 13.8 Å². The summed E-state index contributed by atoms with van der Waals surface area (Å²) in [4.78, 5) is 4.00. The number of nitriles is 1. The molecule has 0 atom stereocenters. The molecule has 1 heterocycles. The van der Waals surface area contributed by atoms with Crippen molar-refractivity contribution in [3.8, 4) is 22.9 Å². The van der Waals surface area contributed by atoms with Gasteiger partial charge in [-0.15, -0.1) is 0 Å². The molecule has 0 amide bonds. The Bertz CT molecular complexity index is 2370. The van der Waals surface area contributed by atoms with Gasteiger partial charge in [-0.25, -0.2) is 4.85 Å². The molecule has 0 unspecified atom stereocenters. The van der Waals surface area contributed by atoms with Crippen LogP contribution in [0.25, 0.3) is 43.5 Å². The van der Waals surface area contributed by atoms with Crippen LogP contribution in [0.4, 0.5) is 5.69 Å². The second-order valence-electron chi connectivity index (χ2n) is 11.9. The number of rotatable bonds is 6. The molecule has 7 aromatic carbocycles. The summed E-state index contributed by atoms with van der Waals surface area (Å²) in [6.07, 6.45) is 0. The van der Waals surface area contributed by atoms with E-state index in [9.17, 15) is 5.26 Å². The van der Waals surface area contributed by atoms with Crippen molar-refractivity contribution in [1.82, 2.24) is 4.57 Å². The normalized spacial score (nSPS) is 11.3. The first-order chi connectivity index (χ1) is 23.7. The number of hydrogen-bond donors (Lipinski definition) is 0. The number of para-hydroxylation sites is 2. The molecular weight excluding hydrogens is 599 g/mol. The first kappa shape index (κ1) is 29.0. The highest BCUT2D eigenvalue weighted by molar-refractivity contribution is 7.20. The van der Waals surface area contributed by atoms with Gasteiger partial charge in [0.05, 0.1) is 23.7 Å². The minimum Gasteiger partial charge on any atom is -0.309 e. The summed E-state index contributed by atoms with van der Waals surface area (Å²) in [6, 6.07) is 63.7. The Morgan fingerprint density at radius 1 is 0.542 bits per heavy atom. The number of nitrogens with zero attached hydrogens (tertiary/aromatic N) is 3. The van der Waals surface area contributed by atoms with Crippen molar-refractivity contribution in [2.45, 2.75) is 0 Å². The van der Waals surface area contributed by atoms with E-state index in [-0.39, 0.29) is 0 Å². The second kappa shape index (κ2) is 12.0. The summed E-state index contributed by atoms with van der Waals surface area (Å²) in [7, 11) is -3.04. The topological polar surface area (TPSA) is 33.1 Å². The van der Waals surface area contributed by atoms with E-state index in [0.29, 0.717) is 11.3 Å². The molecule has 0 aliphatic rings. The molecule has 0 bridgehead atoms. The van der Waals surface area contributed by atoms with Crippen LogP contribution in [0, 0.1) is 17.9 Å². The molecule has 1 aromatic heterocycles. The third-order valence-electron chi connectivity index (χ3n) is 9.40. The molecule has 8 aromatic rings. The van der Waals surface area contributed by atoms with Gasteiger partial charge < -0.3 is 4.57 Å². The maximum Gasteiger partial charge on any atom is 0.196 e. The van der Waals surface area contributed by atoms with Crippen LogP contribution in [-0.2, 0) is 0 Å². The Kier molecular flexibility index (Phi) is 7.27. The molecule has 0 aliphatic carbocycles. The maximum atomic E-state index is 10.7. The molecule has 3 nitrogen and oxygen atoms in total. The Hall–Kier alpha value is -6.46. The summed E-state index contributed by atoms with van der Waals surface area (Å²) in [5.41, 5.74) is 6.03. The molecule has 4 heteroatoms. The van der Waals surface area contributed by atoms with Gasteiger partial charge in [0.1, 0.15) is 0 Å². The van der Waals surface area contributed by atoms with Crippen LogP contribution in [0.15, 0.2) is 176 Å². The van der Waals surface area contributed by atoms with Crippen LogP contribution in [0.3, 0.4) is 0 Å². The summed E-state index contributed by atoms with van der Waals surface area (Å²) in [6.45, 7) is 8.25. The third-order valence-corrected chi connectivity index (χ3v) is 14.2. The smallest absolute Gasteiger partial charge is 0.196 e. The van der Waals surface area contributed by atoms with Crippen molar-refractivity contribution in [3.05, 3.63) is 193 Å². The number of benzene rings is 7. The van der Waals surface area contributed by atoms with Crippen LogP contribution in [0.2, 0.25) is 0 Å². The fourth-order valence-electron chi connectivity index (χ4n) is 7.36. The maximum absolute atomic E-state index is 10.7. The molecule has 0 aliphatic heterocycles. The Labute approximate surface area is 281 Å². The highest BCUT2D eigenvalue weighted by atomic mass is 28.3. The van der Waals surface area contributed by atoms with Gasteiger partial charge in [0.25, 0.3) is 0 Å². The van der Waals surface area contributed by atoms with Crippen LogP contribution in [0.1, 0.15) is 5.56 Å². The molecule has 0 saturated heterocycles. The van der Waals surface area contributed by atoms with E-state index >= 15 is 0 Å². The van der Waals surface area contributed by atoms with Crippen molar-refractivity contribution in [2.24, 2.45) is 0 Å². The number of aromatic nitrogens is 1. The van der Waals surface area contributed by atoms with Gasteiger partial charge in [-0.05, 0) is 62.2 Å². The van der Waals surface area contributed by atoms with Crippen molar-refractivity contribution >= 4 is 56.3 Å². The Balaban J connectivity index is 1.44. The second-order valence-corrected chi connectivity index (χ2v) is 15.7. The lowest BCUT2D eigenvalue weighted by molar-refractivity contribution is 1.18. The lowest BCUT2D eigenvalue weighted by Gasteiger charge is -2.35. The summed E-state index contributed by atoms with van der Waals surface area (Å²) in [5.74, 6) is 0. The monoisotopic (exact) mass is 627 g/mol. The van der Waals surface area contributed by atoms with E-state index in [1.807, 2.05) is 18.2 Å². The van der Waals surface area contributed by atoms with Crippen molar-refractivity contribution < 1.29 is 0 Å². The summed E-state index contributed by atoms with van der Waals surface area (Å²) in [5, 5.41) is 17.6. The predicted octanol–water partition coefficient (Wildman–Crippen LogP) is 8.25. The van der Waals surface area contributed by atoms with E-state index in [2.05, 4.69) is 167 Å². The molecule has 0 saturated carbocycles. The zero-order valence-electron chi connectivity index (χ0n) is 26.1. The average Bonchev–Trinajstić information content (AvgIpc) is 3.51. The van der Waals surface area contributed by atoms with E-state index < -0.39 is 8.07 Å². The van der Waals surface area contributed by atoms with E-state index in [1.165, 1.54) is 26.3 Å². The van der Waals surface area contributed by atoms with E-state index in [0.717, 1.165) is 33.0 Å². The average molecular weight is 628 g/mol. The van der Waals surface area contributed by atoms with Gasteiger partial charge in [-0.2, -0.15) is 5.26 Å². The summed E-state index contributed by atoms with van der Waals surface area (Å²) < 4.78 is 2.30. The Morgan fingerprint density at radius 2 is 1.04 bits per heavy atom. The highest BCUT2D eigenvalue weighted by Gasteiger charge is 2.43. The van der Waals surface area contributed by atoms with Crippen molar-refractivity contribution in [1.29, 1.82) is 5.26 Å². The molecule has 0 spiro atoms. The van der Waals surface area contributed by atoms with Crippen LogP contribution >= 0.6 is 0 Å². The lowest BCUT2D eigenvalue weighted by Crippen LogP contribution is -2.75. The standard InChI is InChI=1S/C44H29N3Si/c1-46-41-29-33(31-45)44(48(35-18-5-2-6-19-35,36-20-7-3-8-21-36)37-22-9-4-10-23-37)30-40(41)32-16-15-17-34(28-32)47-42-26-13-11-24-38(42)39-25-12-14-27-43(39)47/h2-30H. The fourth-order valence-corrected chi connectivity index (χ4v) is 12.3. The van der Waals surface area contributed by atoms with Gasteiger partial charge in [-0.3, -0.25) is 0 Å². The molecule has 48 heavy (non-hydrogen) atoms. The number of hydrogen-bond acceptors (Lipinski definition) is 1. The first-order valence-corrected chi connectivity index (χ1v) is 18.0. The van der Waals surface area contributed by atoms with Gasteiger partial charge in [0, 0.05) is 22.0 Å². The minimum atomic E-state index is -3.04. The van der Waals surface area contributed by atoms with Gasteiger partial charge in [-0.1, -0.05) is 146 Å². The predicted molar refractivity (Wildman–Crippen MR) is 201 cm³/mol. The van der Waals surface area contributed by atoms with Crippen molar-refractivity contribution in [2.75, 3.05) is 0 Å². The van der Waals surface area contributed by atoms with E-state index in [1.54, 1.807) is 6.07 Å². The van der Waals surface area contributed by atoms with Crippen molar-refractivity contribution in [3.63, 3.8) is 0 Å². The quantitative estimate of drug-likeness (QED) is 0.104. The van der Waals surface area contributed by atoms with Gasteiger partial charge >= 0.3 is 0 Å². The fraction of sp³-hybridized carbons (Fsp3) is 0. The van der Waals surface area contributed by atoms with Crippen LogP contribution < -0.4 is 20.7 Å². The Morgan fingerprint density at radius 3 is 1.54 bits per heavy atom. The molecule has 0 fully saturated rings. The molecule has 224 valence electrons. The van der Waals surface area contributed by atoms with Gasteiger partial charge in [0.2, 0.25) is 0 Å². The van der Waals surface area contributed by atoms with E-state index in [4.69, 9.17) is 6.57 Å². The minimum absolute atomic E-state index is 0.465. The summed E-state index contributed by atoms with van der Waals surface area (Å²) >= 11 is 0. The largest absolute Gasteiger partial charge is 0.309 e. The highest BCUT2D eigenvalue weighted by Crippen LogP contribution is 2.36. The lowest BCUT2D eigenvalue weighted by atomic mass is 10.0. The van der Waals surface area contributed by atoms with Crippen LogP contribution in [-0.4, -0.2) is 12.6 Å². The zero-order valence-corrected chi connectivity index (χ0v) is 27.1. The number of fused-ring (bicyclic) bond motifs is 3. The first-order valence-electron chi connectivity index (χ1n) is 16.0. The third kappa shape index (κ3) is 4.55. The molecular formula is C44H29N3Si. The van der Waals surface area contributed by atoms with Crippen LogP contribution in [0.5, 0.6) is 0 Å². The SMILES string of the molecule is [C-]#[N+]c1cc(C#N)c([Si](c2ccccc2)(c2ccccc2)c2ccccc2)cc1-c1cccc(-n2c3ccccc3c3ccccc32)c1. The molecule has 0 N–H and O–H groups in total. The molecule has 8 rings (SSSR count). The zero-order chi connectivity index (χ0) is 32.5. The molecule has 0 radical (unpaired) electrons.